The molecule has 0 aliphatic heterocycles. The second-order valence-electron chi connectivity index (χ2n) is 4.46. The minimum Gasteiger partial charge on any atom is -0.497 e. The Hall–Kier alpha value is -2.15. The molecule has 6 nitrogen and oxygen atoms in total. The number of rotatable bonds is 7. The van der Waals surface area contributed by atoms with Gasteiger partial charge in [-0.05, 0) is 30.7 Å². The van der Waals surface area contributed by atoms with Crippen molar-refractivity contribution >= 4 is 22.4 Å². The first kappa shape index (κ1) is 15.2. The average molecular weight is 307 g/mol. The lowest BCUT2D eigenvalue weighted by Gasteiger charge is -2.11. The van der Waals surface area contributed by atoms with Crippen molar-refractivity contribution < 1.29 is 14.6 Å². The Balaban J connectivity index is 2.11. The summed E-state index contributed by atoms with van der Waals surface area (Å²) < 4.78 is 5.11. The summed E-state index contributed by atoms with van der Waals surface area (Å²) in [6.45, 7) is 1.94. The Morgan fingerprint density at radius 1 is 1.38 bits per heavy atom. The summed E-state index contributed by atoms with van der Waals surface area (Å²) in [6, 6.07) is 6.85. The van der Waals surface area contributed by atoms with Gasteiger partial charge in [-0.25, -0.2) is 4.79 Å². The molecular weight excluding hydrogens is 290 g/mol. The van der Waals surface area contributed by atoms with Crippen LogP contribution in [-0.2, 0) is 4.79 Å². The quantitative estimate of drug-likeness (QED) is 0.818. The number of carboxylic acids is 1. The van der Waals surface area contributed by atoms with E-state index < -0.39 is 12.0 Å². The first-order chi connectivity index (χ1) is 10.1. The van der Waals surface area contributed by atoms with Gasteiger partial charge in [-0.1, -0.05) is 24.7 Å². The minimum absolute atomic E-state index is 0.515. The molecule has 1 aromatic carbocycles. The van der Waals surface area contributed by atoms with Crippen molar-refractivity contribution in [1.82, 2.24) is 10.2 Å². The molecule has 0 radical (unpaired) electrons. The van der Waals surface area contributed by atoms with Gasteiger partial charge in [-0.15, -0.1) is 10.2 Å². The number of aromatic nitrogens is 2. The molecule has 0 saturated carbocycles. The molecule has 2 rings (SSSR count). The van der Waals surface area contributed by atoms with Crippen molar-refractivity contribution in [2.45, 2.75) is 25.8 Å². The third kappa shape index (κ3) is 3.91. The Kier molecular flexibility index (Phi) is 5.10. The molecule has 0 bridgehead atoms. The summed E-state index contributed by atoms with van der Waals surface area (Å²) in [6.07, 6.45) is 1.33. The smallest absolute Gasteiger partial charge is 0.326 e. The van der Waals surface area contributed by atoms with Crippen LogP contribution in [0.2, 0.25) is 0 Å². The number of carboxylic acid groups (broad SMARTS) is 1. The third-order valence-corrected chi connectivity index (χ3v) is 3.84. The largest absolute Gasteiger partial charge is 0.497 e. The van der Waals surface area contributed by atoms with Crippen LogP contribution in [0.1, 0.15) is 19.8 Å². The van der Waals surface area contributed by atoms with Crippen LogP contribution in [-0.4, -0.2) is 34.4 Å². The third-order valence-electron chi connectivity index (χ3n) is 2.94. The second kappa shape index (κ2) is 7.03. The van der Waals surface area contributed by atoms with Gasteiger partial charge in [0.2, 0.25) is 5.13 Å². The van der Waals surface area contributed by atoms with E-state index in [-0.39, 0.29) is 0 Å². The first-order valence-corrected chi connectivity index (χ1v) is 7.43. The summed E-state index contributed by atoms with van der Waals surface area (Å²) in [5.41, 5.74) is 0.920. The van der Waals surface area contributed by atoms with E-state index in [1.54, 1.807) is 7.11 Å². The Morgan fingerprint density at radius 2 is 2.10 bits per heavy atom. The number of carbonyl (C=O) groups is 1. The topological polar surface area (TPSA) is 84.3 Å². The maximum absolute atomic E-state index is 11.1. The van der Waals surface area contributed by atoms with Gasteiger partial charge in [0.25, 0.3) is 0 Å². The van der Waals surface area contributed by atoms with Gasteiger partial charge < -0.3 is 15.2 Å². The number of hydrogen-bond acceptors (Lipinski definition) is 6. The van der Waals surface area contributed by atoms with E-state index >= 15 is 0 Å². The van der Waals surface area contributed by atoms with E-state index in [0.29, 0.717) is 11.6 Å². The molecule has 0 saturated heterocycles. The molecule has 2 N–H and O–H groups in total. The fourth-order valence-electron chi connectivity index (χ4n) is 1.83. The predicted octanol–water partition coefficient (Wildman–Crippen LogP) is 2.88. The van der Waals surface area contributed by atoms with E-state index in [1.165, 1.54) is 11.3 Å². The number of hydrogen-bond donors (Lipinski definition) is 2. The Bertz CT molecular complexity index is 598. The van der Waals surface area contributed by atoms with Crippen LogP contribution < -0.4 is 10.1 Å². The van der Waals surface area contributed by atoms with Crippen molar-refractivity contribution in [1.29, 1.82) is 0 Å². The van der Waals surface area contributed by atoms with E-state index in [0.717, 1.165) is 22.7 Å². The van der Waals surface area contributed by atoms with Crippen molar-refractivity contribution in [3.8, 4) is 16.3 Å². The summed E-state index contributed by atoms with van der Waals surface area (Å²) in [5, 5.41) is 21.4. The van der Waals surface area contributed by atoms with E-state index in [9.17, 15) is 4.79 Å². The molecule has 1 aromatic heterocycles. The molecule has 0 aliphatic rings. The monoisotopic (exact) mass is 307 g/mol. The SMILES string of the molecule is CCCC(Nc1nnc(-c2ccc(OC)cc2)s1)C(=O)O. The molecule has 0 spiro atoms. The first-order valence-electron chi connectivity index (χ1n) is 6.61. The zero-order valence-corrected chi connectivity index (χ0v) is 12.7. The van der Waals surface area contributed by atoms with Gasteiger partial charge in [-0.3, -0.25) is 0 Å². The molecule has 0 fully saturated rings. The maximum atomic E-state index is 11.1. The standard InChI is InChI=1S/C14H17N3O3S/c1-3-4-11(13(18)19)15-14-17-16-12(21-14)9-5-7-10(20-2)8-6-9/h5-8,11H,3-4H2,1-2H3,(H,15,17)(H,18,19). The summed E-state index contributed by atoms with van der Waals surface area (Å²) in [4.78, 5) is 11.1. The average Bonchev–Trinajstić information content (AvgIpc) is 2.95. The fourth-order valence-corrected chi connectivity index (χ4v) is 2.63. The van der Waals surface area contributed by atoms with Gasteiger partial charge in [0.15, 0.2) is 0 Å². The van der Waals surface area contributed by atoms with Gasteiger partial charge >= 0.3 is 5.97 Å². The molecule has 1 atom stereocenters. The number of anilines is 1. The van der Waals surface area contributed by atoms with Crippen LogP contribution in [0, 0.1) is 0 Å². The fraction of sp³-hybridized carbons (Fsp3) is 0.357. The normalized spacial score (nSPS) is 11.9. The number of benzene rings is 1. The minimum atomic E-state index is -0.877. The van der Waals surface area contributed by atoms with Crippen LogP contribution in [0.4, 0.5) is 5.13 Å². The molecule has 7 heteroatoms. The van der Waals surface area contributed by atoms with Crippen LogP contribution in [0.5, 0.6) is 5.75 Å². The lowest BCUT2D eigenvalue weighted by molar-refractivity contribution is -0.138. The number of methoxy groups -OCH3 is 1. The summed E-state index contributed by atoms with van der Waals surface area (Å²) >= 11 is 1.33. The van der Waals surface area contributed by atoms with E-state index in [1.807, 2.05) is 31.2 Å². The Morgan fingerprint density at radius 3 is 2.67 bits per heavy atom. The van der Waals surface area contributed by atoms with Gasteiger partial charge in [0, 0.05) is 5.56 Å². The number of nitrogens with zero attached hydrogens (tertiary/aromatic N) is 2. The lowest BCUT2D eigenvalue weighted by atomic mass is 10.2. The van der Waals surface area contributed by atoms with Gasteiger partial charge in [-0.2, -0.15) is 0 Å². The molecule has 0 aliphatic carbocycles. The summed E-state index contributed by atoms with van der Waals surface area (Å²) in [5.74, 6) is -0.103. The number of aliphatic carboxylic acids is 1. The lowest BCUT2D eigenvalue weighted by Crippen LogP contribution is -2.28. The highest BCUT2D eigenvalue weighted by Gasteiger charge is 2.18. The highest BCUT2D eigenvalue weighted by atomic mass is 32.1. The zero-order chi connectivity index (χ0) is 15.2. The zero-order valence-electron chi connectivity index (χ0n) is 11.9. The van der Waals surface area contributed by atoms with Crippen molar-refractivity contribution in [2.75, 3.05) is 12.4 Å². The van der Waals surface area contributed by atoms with Crippen LogP contribution in [0.3, 0.4) is 0 Å². The molecule has 112 valence electrons. The molecule has 0 amide bonds. The van der Waals surface area contributed by atoms with Gasteiger partial charge in [0.1, 0.15) is 16.8 Å². The number of nitrogens with one attached hydrogen (secondary N) is 1. The van der Waals surface area contributed by atoms with Crippen LogP contribution in [0.15, 0.2) is 24.3 Å². The molecule has 21 heavy (non-hydrogen) atoms. The number of ether oxygens (including phenoxy) is 1. The molecule has 2 aromatic rings. The van der Waals surface area contributed by atoms with Crippen LogP contribution in [0.25, 0.3) is 10.6 Å². The van der Waals surface area contributed by atoms with Crippen molar-refractivity contribution in [3.05, 3.63) is 24.3 Å². The maximum Gasteiger partial charge on any atom is 0.326 e. The summed E-state index contributed by atoms with van der Waals surface area (Å²) in [7, 11) is 1.61. The van der Waals surface area contributed by atoms with E-state index in [2.05, 4.69) is 15.5 Å². The van der Waals surface area contributed by atoms with Crippen molar-refractivity contribution in [2.24, 2.45) is 0 Å². The molecular formula is C14H17N3O3S. The highest BCUT2D eigenvalue weighted by Crippen LogP contribution is 2.28. The van der Waals surface area contributed by atoms with Crippen LogP contribution >= 0.6 is 11.3 Å². The predicted molar refractivity (Wildman–Crippen MR) is 81.9 cm³/mol. The molecule has 1 heterocycles. The van der Waals surface area contributed by atoms with E-state index in [4.69, 9.17) is 9.84 Å². The molecule has 1 unspecified atom stereocenters. The highest BCUT2D eigenvalue weighted by molar-refractivity contribution is 7.18. The Labute approximate surface area is 126 Å². The van der Waals surface area contributed by atoms with Crippen molar-refractivity contribution in [3.63, 3.8) is 0 Å². The second-order valence-corrected chi connectivity index (χ2v) is 5.44. The van der Waals surface area contributed by atoms with Gasteiger partial charge in [0.05, 0.1) is 7.11 Å².